The molecule has 0 aliphatic carbocycles. The third-order valence-electron chi connectivity index (χ3n) is 2.84. The fraction of sp³-hybridized carbons (Fsp3) is 0. The molecule has 0 fully saturated rings. The molecule has 0 aliphatic rings. The van der Waals surface area contributed by atoms with Crippen molar-refractivity contribution in [2.24, 2.45) is 0 Å². The van der Waals surface area contributed by atoms with Crippen molar-refractivity contribution < 1.29 is 4.79 Å². The third kappa shape index (κ3) is 1.69. The van der Waals surface area contributed by atoms with Gasteiger partial charge in [0, 0.05) is 17.8 Å². The maximum atomic E-state index is 11.4. The van der Waals surface area contributed by atoms with E-state index in [0.717, 1.165) is 16.6 Å². The Morgan fingerprint density at radius 1 is 1.11 bits per heavy atom. The topological polar surface area (TPSA) is 34.9 Å². The summed E-state index contributed by atoms with van der Waals surface area (Å²) in [5.74, 6) is 0. The lowest BCUT2D eigenvalue weighted by Crippen LogP contribution is -2.02. The van der Waals surface area contributed by atoms with Crippen molar-refractivity contribution in [1.82, 2.24) is 9.55 Å². The van der Waals surface area contributed by atoms with E-state index in [1.807, 2.05) is 36.5 Å². The van der Waals surface area contributed by atoms with Crippen LogP contribution in [-0.2, 0) is 0 Å². The molecule has 0 bridgehead atoms. The fourth-order valence-corrected chi connectivity index (χ4v) is 2.20. The van der Waals surface area contributed by atoms with Gasteiger partial charge in [0.25, 0.3) is 5.24 Å². The Bertz CT molecular complexity index is 728. The molecule has 0 saturated carbocycles. The van der Waals surface area contributed by atoms with E-state index in [9.17, 15) is 4.79 Å². The Morgan fingerprint density at radius 3 is 2.78 bits per heavy atom. The SMILES string of the molecule is O=C(Cl)c1cccn1-c1ccnc2ccccc12. The number of halogens is 1. The quantitative estimate of drug-likeness (QED) is 0.659. The van der Waals surface area contributed by atoms with Gasteiger partial charge in [-0.3, -0.25) is 9.78 Å². The molecule has 2 aromatic heterocycles. The molecule has 0 radical (unpaired) electrons. The molecule has 0 atom stereocenters. The van der Waals surface area contributed by atoms with Gasteiger partial charge in [0.15, 0.2) is 0 Å². The van der Waals surface area contributed by atoms with Gasteiger partial charge in [0.05, 0.1) is 11.2 Å². The predicted octanol–water partition coefficient (Wildman–Crippen LogP) is 3.40. The zero-order valence-electron chi connectivity index (χ0n) is 9.38. The molecule has 0 amide bonds. The minimum atomic E-state index is -0.471. The molecule has 3 nitrogen and oxygen atoms in total. The van der Waals surface area contributed by atoms with Crippen LogP contribution in [-0.4, -0.2) is 14.8 Å². The second kappa shape index (κ2) is 4.27. The normalized spacial score (nSPS) is 10.7. The van der Waals surface area contributed by atoms with Crippen LogP contribution in [0.15, 0.2) is 54.9 Å². The van der Waals surface area contributed by atoms with Crippen LogP contribution in [0.3, 0.4) is 0 Å². The molecular weight excluding hydrogens is 248 g/mol. The number of carbonyl (C=O) groups excluding carboxylic acids is 1. The fourth-order valence-electron chi connectivity index (χ4n) is 2.04. The Balaban J connectivity index is 2.32. The van der Waals surface area contributed by atoms with E-state index in [2.05, 4.69) is 4.98 Å². The van der Waals surface area contributed by atoms with E-state index in [-0.39, 0.29) is 0 Å². The van der Waals surface area contributed by atoms with E-state index in [0.29, 0.717) is 5.69 Å². The lowest BCUT2D eigenvalue weighted by molar-refractivity contribution is 0.107. The number of benzene rings is 1. The molecule has 4 heteroatoms. The zero-order chi connectivity index (χ0) is 12.5. The first-order chi connectivity index (χ1) is 8.77. The minimum Gasteiger partial charge on any atom is -0.312 e. The second-order valence-corrected chi connectivity index (χ2v) is 4.23. The summed E-state index contributed by atoms with van der Waals surface area (Å²) in [6.07, 6.45) is 3.54. The van der Waals surface area contributed by atoms with Gasteiger partial charge < -0.3 is 4.57 Å². The van der Waals surface area contributed by atoms with Crippen LogP contribution in [0, 0.1) is 0 Å². The van der Waals surface area contributed by atoms with Crippen molar-refractivity contribution in [2.45, 2.75) is 0 Å². The first-order valence-corrected chi connectivity index (χ1v) is 5.86. The molecule has 1 aromatic carbocycles. The number of aromatic nitrogens is 2. The molecule has 0 saturated heterocycles. The summed E-state index contributed by atoms with van der Waals surface area (Å²) < 4.78 is 1.78. The van der Waals surface area contributed by atoms with Crippen molar-refractivity contribution in [1.29, 1.82) is 0 Å². The van der Waals surface area contributed by atoms with Gasteiger partial charge in [-0.25, -0.2) is 0 Å². The summed E-state index contributed by atoms with van der Waals surface area (Å²) in [5.41, 5.74) is 2.24. The van der Waals surface area contributed by atoms with Crippen LogP contribution in [0.1, 0.15) is 10.5 Å². The van der Waals surface area contributed by atoms with Crippen LogP contribution < -0.4 is 0 Å². The monoisotopic (exact) mass is 256 g/mol. The number of hydrogen-bond donors (Lipinski definition) is 0. The summed E-state index contributed by atoms with van der Waals surface area (Å²) in [6.45, 7) is 0. The largest absolute Gasteiger partial charge is 0.312 e. The highest BCUT2D eigenvalue weighted by Crippen LogP contribution is 2.22. The predicted molar refractivity (Wildman–Crippen MR) is 71.3 cm³/mol. The number of rotatable bonds is 2. The molecule has 0 unspecified atom stereocenters. The summed E-state index contributed by atoms with van der Waals surface area (Å²) >= 11 is 5.58. The smallest absolute Gasteiger partial charge is 0.269 e. The second-order valence-electron chi connectivity index (χ2n) is 3.88. The Kier molecular flexibility index (Phi) is 2.61. The number of fused-ring (bicyclic) bond motifs is 1. The van der Waals surface area contributed by atoms with Gasteiger partial charge in [-0.15, -0.1) is 0 Å². The first kappa shape index (κ1) is 11.0. The lowest BCUT2D eigenvalue weighted by Gasteiger charge is -2.09. The van der Waals surface area contributed by atoms with Gasteiger partial charge in [0.2, 0.25) is 0 Å². The van der Waals surface area contributed by atoms with Crippen LogP contribution in [0.2, 0.25) is 0 Å². The summed E-state index contributed by atoms with van der Waals surface area (Å²) in [6, 6.07) is 13.1. The van der Waals surface area contributed by atoms with Gasteiger partial charge >= 0.3 is 0 Å². The molecule has 3 rings (SSSR count). The van der Waals surface area contributed by atoms with Gasteiger partial charge in [-0.1, -0.05) is 18.2 Å². The molecule has 0 aliphatic heterocycles. The van der Waals surface area contributed by atoms with Crippen LogP contribution >= 0.6 is 11.6 Å². The Morgan fingerprint density at radius 2 is 1.94 bits per heavy atom. The molecule has 0 N–H and O–H groups in total. The van der Waals surface area contributed by atoms with Crippen LogP contribution in [0.5, 0.6) is 0 Å². The average molecular weight is 257 g/mol. The molecule has 18 heavy (non-hydrogen) atoms. The van der Waals surface area contributed by atoms with E-state index in [1.165, 1.54) is 0 Å². The summed E-state index contributed by atoms with van der Waals surface area (Å²) in [4.78, 5) is 15.7. The molecule has 2 heterocycles. The van der Waals surface area contributed by atoms with E-state index in [4.69, 9.17) is 11.6 Å². The number of pyridine rings is 1. The lowest BCUT2D eigenvalue weighted by atomic mass is 10.2. The summed E-state index contributed by atoms with van der Waals surface area (Å²) in [5, 5.41) is 0.510. The Labute approximate surface area is 109 Å². The first-order valence-electron chi connectivity index (χ1n) is 5.49. The summed E-state index contributed by atoms with van der Waals surface area (Å²) in [7, 11) is 0. The molecular formula is C14H9ClN2O. The number of para-hydroxylation sites is 1. The Hall–Kier alpha value is -2.13. The van der Waals surface area contributed by atoms with Gasteiger partial charge in [0.1, 0.15) is 5.69 Å². The highest BCUT2D eigenvalue weighted by atomic mass is 35.5. The van der Waals surface area contributed by atoms with Crippen LogP contribution in [0.25, 0.3) is 16.6 Å². The van der Waals surface area contributed by atoms with Gasteiger partial charge in [-0.05, 0) is 35.9 Å². The van der Waals surface area contributed by atoms with E-state index < -0.39 is 5.24 Å². The standard InChI is InChI=1S/C14H9ClN2O/c15-14(18)13-6-3-9-17(13)12-7-8-16-11-5-2-1-4-10(11)12/h1-9H. The number of nitrogens with zero attached hydrogens (tertiary/aromatic N) is 2. The molecule has 3 aromatic rings. The van der Waals surface area contributed by atoms with Gasteiger partial charge in [-0.2, -0.15) is 0 Å². The van der Waals surface area contributed by atoms with Crippen LogP contribution in [0.4, 0.5) is 0 Å². The van der Waals surface area contributed by atoms with Crippen molar-refractivity contribution in [3.63, 3.8) is 0 Å². The zero-order valence-corrected chi connectivity index (χ0v) is 10.1. The minimum absolute atomic E-state index is 0.452. The number of carbonyl (C=O) groups is 1. The van der Waals surface area contributed by atoms with E-state index >= 15 is 0 Å². The van der Waals surface area contributed by atoms with E-state index in [1.54, 1.807) is 22.9 Å². The maximum Gasteiger partial charge on any atom is 0.269 e. The highest BCUT2D eigenvalue weighted by molar-refractivity contribution is 6.67. The highest BCUT2D eigenvalue weighted by Gasteiger charge is 2.11. The molecule has 0 spiro atoms. The van der Waals surface area contributed by atoms with Crippen molar-refractivity contribution >= 4 is 27.7 Å². The third-order valence-corrected chi connectivity index (χ3v) is 3.03. The molecule has 88 valence electrons. The van der Waals surface area contributed by atoms with Crippen molar-refractivity contribution in [3.8, 4) is 5.69 Å². The van der Waals surface area contributed by atoms with Crippen molar-refractivity contribution in [2.75, 3.05) is 0 Å². The average Bonchev–Trinajstić information content (AvgIpc) is 2.87. The number of hydrogen-bond acceptors (Lipinski definition) is 2. The maximum absolute atomic E-state index is 11.4. The van der Waals surface area contributed by atoms with Crippen molar-refractivity contribution in [3.05, 3.63) is 60.6 Å².